The molecule has 39 heavy (non-hydrogen) atoms. The van der Waals surface area contributed by atoms with Gasteiger partial charge in [-0.3, -0.25) is 19.7 Å². The molecule has 0 saturated carbocycles. The zero-order chi connectivity index (χ0) is 28.4. The summed E-state index contributed by atoms with van der Waals surface area (Å²) in [6.45, 7) is 0.00534. The first kappa shape index (κ1) is 28.9. The number of carbonyl (C=O) groups excluding carboxylic acids is 3. The fourth-order valence-corrected chi connectivity index (χ4v) is 4.62. The van der Waals surface area contributed by atoms with Crippen molar-refractivity contribution in [1.29, 1.82) is 0 Å². The van der Waals surface area contributed by atoms with Crippen molar-refractivity contribution in [3.05, 3.63) is 100 Å². The summed E-state index contributed by atoms with van der Waals surface area (Å²) >= 11 is 0. The van der Waals surface area contributed by atoms with Crippen molar-refractivity contribution in [2.24, 2.45) is 0 Å². The van der Waals surface area contributed by atoms with Crippen LogP contribution in [0.15, 0.2) is 83.8 Å². The number of non-ortho nitro benzene ring substituents is 1. The highest BCUT2D eigenvalue weighted by atomic mass is 32.2. The van der Waals surface area contributed by atoms with Gasteiger partial charge in [0, 0.05) is 24.2 Å². The van der Waals surface area contributed by atoms with E-state index in [1.165, 1.54) is 31.4 Å². The molecule has 3 aromatic rings. The fourth-order valence-electron chi connectivity index (χ4n) is 3.39. The molecule has 0 fully saturated rings. The largest absolute Gasteiger partial charge is 0.465 e. The number of nitro benzene ring substituents is 1. The van der Waals surface area contributed by atoms with E-state index >= 15 is 0 Å². The van der Waals surface area contributed by atoms with Crippen LogP contribution in [-0.2, 0) is 35.7 Å². The van der Waals surface area contributed by atoms with Crippen molar-refractivity contribution in [2.75, 3.05) is 12.4 Å². The molecule has 3 rings (SSSR count). The molecule has 3 aromatic carbocycles. The predicted octanol–water partition coefficient (Wildman–Crippen LogP) is 3.19. The lowest BCUT2D eigenvalue weighted by molar-refractivity contribution is -0.384. The number of nitro groups is 1. The van der Waals surface area contributed by atoms with Gasteiger partial charge in [-0.05, 0) is 42.3 Å². The number of ether oxygens (including phenoxy) is 2. The number of nitrogens with one attached hydrogen (secondary N) is 2. The van der Waals surface area contributed by atoms with Crippen LogP contribution < -0.4 is 10.0 Å². The van der Waals surface area contributed by atoms with E-state index < -0.39 is 38.8 Å². The zero-order valence-corrected chi connectivity index (χ0v) is 21.6. The van der Waals surface area contributed by atoms with Crippen molar-refractivity contribution < 1.29 is 37.2 Å². The summed E-state index contributed by atoms with van der Waals surface area (Å²) in [6.07, 6.45) is -0.557. The SMILES string of the molecule is COC(=O)c1cccc(NC(=O)[C@@H](CCC(=O)OCc2ccccc2)NS(=O)(=O)c2ccc([N+](=O)[O-])cc2)c1. The molecule has 0 unspecified atom stereocenters. The normalized spacial score (nSPS) is 11.7. The van der Waals surface area contributed by atoms with Crippen LogP contribution in [0.4, 0.5) is 11.4 Å². The number of esters is 2. The molecular formula is C26H25N3O9S. The fraction of sp³-hybridized carbons (Fsp3) is 0.192. The molecule has 0 aliphatic rings. The third-order valence-electron chi connectivity index (χ3n) is 5.40. The first-order chi connectivity index (χ1) is 18.6. The van der Waals surface area contributed by atoms with Gasteiger partial charge >= 0.3 is 11.9 Å². The van der Waals surface area contributed by atoms with Crippen molar-refractivity contribution in [3.63, 3.8) is 0 Å². The van der Waals surface area contributed by atoms with Gasteiger partial charge in [0.1, 0.15) is 12.6 Å². The molecule has 204 valence electrons. The van der Waals surface area contributed by atoms with E-state index in [1.807, 2.05) is 6.07 Å². The molecule has 1 atom stereocenters. The smallest absolute Gasteiger partial charge is 0.337 e. The van der Waals surface area contributed by atoms with Gasteiger partial charge in [0.2, 0.25) is 15.9 Å². The maximum absolute atomic E-state index is 13.1. The van der Waals surface area contributed by atoms with Crippen molar-refractivity contribution >= 4 is 39.2 Å². The topological polar surface area (TPSA) is 171 Å². The standard InChI is InChI=1S/C26H25N3O9S/c1-37-26(32)19-8-5-9-20(16-19)27-25(31)23(14-15-24(30)38-17-18-6-3-2-4-7-18)28-39(35,36)22-12-10-21(11-13-22)29(33)34/h2-13,16,23,28H,14-15,17H2,1H3,(H,27,31)/t23-/m1/s1. The van der Waals surface area contributed by atoms with E-state index in [9.17, 15) is 32.9 Å². The average molecular weight is 556 g/mol. The molecule has 1 amide bonds. The molecule has 13 heteroatoms. The van der Waals surface area contributed by atoms with Gasteiger partial charge in [-0.15, -0.1) is 0 Å². The molecule has 0 radical (unpaired) electrons. The Morgan fingerprint density at radius 1 is 0.974 bits per heavy atom. The van der Waals surface area contributed by atoms with Crippen LogP contribution in [0.2, 0.25) is 0 Å². The van der Waals surface area contributed by atoms with Gasteiger partial charge in [0.15, 0.2) is 0 Å². The molecule has 12 nitrogen and oxygen atoms in total. The molecule has 0 aliphatic heterocycles. The van der Waals surface area contributed by atoms with Crippen molar-refractivity contribution in [3.8, 4) is 0 Å². The summed E-state index contributed by atoms with van der Waals surface area (Å²) in [7, 11) is -3.13. The Morgan fingerprint density at radius 3 is 2.31 bits per heavy atom. The van der Waals surface area contributed by atoms with Crippen LogP contribution in [0.3, 0.4) is 0 Å². The van der Waals surface area contributed by atoms with Crippen molar-refractivity contribution in [1.82, 2.24) is 4.72 Å². The first-order valence-corrected chi connectivity index (χ1v) is 13.0. The highest BCUT2D eigenvalue weighted by molar-refractivity contribution is 7.89. The molecule has 0 aromatic heterocycles. The molecule has 0 spiro atoms. The second kappa shape index (κ2) is 13.3. The van der Waals surface area contributed by atoms with E-state index in [0.29, 0.717) is 0 Å². The van der Waals surface area contributed by atoms with E-state index in [2.05, 4.69) is 14.8 Å². The number of benzene rings is 3. The lowest BCUT2D eigenvalue weighted by atomic mass is 10.1. The number of amides is 1. The molecule has 0 heterocycles. The van der Waals surface area contributed by atoms with Crippen LogP contribution >= 0.6 is 0 Å². The average Bonchev–Trinajstić information content (AvgIpc) is 2.94. The minimum Gasteiger partial charge on any atom is -0.465 e. The Kier molecular flexibility index (Phi) is 9.84. The second-order valence-electron chi connectivity index (χ2n) is 8.17. The molecule has 0 bridgehead atoms. The van der Waals surface area contributed by atoms with Gasteiger partial charge in [-0.2, -0.15) is 4.72 Å². The van der Waals surface area contributed by atoms with Crippen LogP contribution in [0.25, 0.3) is 0 Å². The summed E-state index contributed by atoms with van der Waals surface area (Å²) in [6, 6.07) is 17.4. The molecule has 0 saturated heterocycles. The van der Waals surface area contributed by atoms with E-state index in [0.717, 1.165) is 29.8 Å². The number of nitrogens with zero attached hydrogens (tertiary/aromatic N) is 1. The maximum Gasteiger partial charge on any atom is 0.337 e. The molecule has 0 aliphatic carbocycles. The summed E-state index contributed by atoms with van der Waals surface area (Å²) < 4.78 is 38.1. The van der Waals surface area contributed by atoms with Crippen LogP contribution in [0.5, 0.6) is 0 Å². The van der Waals surface area contributed by atoms with Gasteiger partial charge in [-0.25, -0.2) is 13.2 Å². The quantitative estimate of drug-likeness (QED) is 0.193. The second-order valence-corrected chi connectivity index (χ2v) is 9.89. The van der Waals surface area contributed by atoms with Gasteiger partial charge < -0.3 is 14.8 Å². The highest BCUT2D eigenvalue weighted by Crippen LogP contribution is 2.18. The number of hydrogen-bond donors (Lipinski definition) is 2. The van der Waals surface area contributed by atoms with E-state index in [-0.39, 0.29) is 41.3 Å². The van der Waals surface area contributed by atoms with Crippen LogP contribution in [-0.4, -0.2) is 44.3 Å². The predicted molar refractivity (Wildman–Crippen MR) is 139 cm³/mol. The Hall–Kier alpha value is -4.62. The minimum atomic E-state index is -4.33. The number of anilines is 1. The minimum absolute atomic E-state index is 0.00534. The first-order valence-electron chi connectivity index (χ1n) is 11.5. The van der Waals surface area contributed by atoms with E-state index in [4.69, 9.17) is 4.74 Å². The number of hydrogen-bond acceptors (Lipinski definition) is 9. The van der Waals surface area contributed by atoms with Crippen LogP contribution in [0.1, 0.15) is 28.8 Å². The third kappa shape index (κ3) is 8.45. The third-order valence-corrected chi connectivity index (χ3v) is 6.89. The summed E-state index contributed by atoms with van der Waals surface area (Å²) in [4.78, 5) is 47.2. The lowest BCUT2D eigenvalue weighted by Gasteiger charge is -2.19. The highest BCUT2D eigenvalue weighted by Gasteiger charge is 2.27. The Morgan fingerprint density at radius 2 is 1.67 bits per heavy atom. The lowest BCUT2D eigenvalue weighted by Crippen LogP contribution is -2.44. The van der Waals surface area contributed by atoms with Gasteiger partial charge in [0.05, 0.1) is 22.5 Å². The monoisotopic (exact) mass is 555 g/mol. The maximum atomic E-state index is 13.1. The van der Waals surface area contributed by atoms with Gasteiger partial charge in [0.25, 0.3) is 5.69 Å². The number of rotatable bonds is 12. The summed E-state index contributed by atoms with van der Waals surface area (Å²) in [5.74, 6) is -2.10. The Balaban J connectivity index is 1.76. The zero-order valence-electron chi connectivity index (χ0n) is 20.7. The molecular weight excluding hydrogens is 530 g/mol. The summed E-state index contributed by atoms with van der Waals surface area (Å²) in [5, 5.41) is 13.4. The Bertz CT molecular complexity index is 1440. The molecule has 2 N–H and O–H groups in total. The van der Waals surface area contributed by atoms with Gasteiger partial charge in [-0.1, -0.05) is 36.4 Å². The number of carbonyl (C=O) groups is 3. The van der Waals surface area contributed by atoms with Crippen LogP contribution in [0, 0.1) is 10.1 Å². The van der Waals surface area contributed by atoms with E-state index in [1.54, 1.807) is 24.3 Å². The summed E-state index contributed by atoms with van der Waals surface area (Å²) in [5.41, 5.74) is 0.788. The Labute approximate surface area is 224 Å². The number of methoxy groups -OCH3 is 1. The number of sulfonamides is 1. The van der Waals surface area contributed by atoms with Crippen molar-refractivity contribution in [2.45, 2.75) is 30.4 Å².